The molecule has 1 N–H and O–H groups in total. The average Bonchev–Trinajstić information content (AvgIpc) is 2.73. The van der Waals surface area contributed by atoms with Crippen LogP contribution in [-0.4, -0.2) is 46.3 Å². The van der Waals surface area contributed by atoms with E-state index >= 15 is 0 Å². The third kappa shape index (κ3) is 4.11. The summed E-state index contributed by atoms with van der Waals surface area (Å²) >= 11 is 0. The van der Waals surface area contributed by atoms with E-state index < -0.39 is 17.2 Å². The number of hydrogen-bond donors (Lipinski definition) is 1. The van der Waals surface area contributed by atoms with Gasteiger partial charge in [-0.2, -0.15) is 4.98 Å². The fourth-order valence-electron chi connectivity index (χ4n) is 5.09. The van der Waals surface area contributed by atoms with Crippen molar-refractivity contribution in [2.45, 2.75) is 45.3 Å². The number of fused-ring (bicyclic) bond motifs is 2. The molecule has 2 heterocycles. The minimum atomic E-state index is -1.13. The van der Waals surface area contributed by atoms with Crippen molar-refractivity contribution in [2.24, 2.45) is 11.8 Å². The van der Waals surface area contributed by atoms with Crippen molar-refractivity contribution in [3.63, 3.8) is 0 Å². The lowest BCUT2D eigenvalue weighted by atomic mass is 9.63. The predicted molar refractivity (Wildman–Crippen MR) is 111 cm³/mol. The number of aromatic nitrogens is 2. The number of likely N-dealkylation sites (tertiary alicyclic amines) is 1. The van der Waals surface area contributed by atoms with Crippen molar-refractivity contribution in [1.29, 1.82) is 0 Å². The molecule has 2 aliphatic rings. The molecule has 1 aromatic heterocycles. The largest absolute Gasteiger partial charge is 0.478 e. The molecule has 2 unspecified atom stereocenters. The number of piperidine rings is 1. The van der Waals surface area contributed by atoms with Crippen LogP contribution in [0.3, 0.4) is 0 Å². The molecular formula is C23H29F2N3O3. The van der Waals surface area contributed by atoms with Crippen molar-refractivity contribution < 1.29 is 23.4 Å². The molecule has 1 saturated heterocycles. The highest BCUT2D eigenvalue weighted by molar-refractivity contribution is 5.34. The fourth-order valence-corrected chi connectivity index (χ4v) is 5.09. The molecule has 1 saturated carbocycles. The normalized spacial score (nSPS) is 26.0. The second-order valence-corrected chi connectivity index (χ2v) is 8.29. The lowest BCUT2D eigenvalue weighted by Gasteiger charge is -2.53. The smallest absolute Gasteiger partial charge is 0.319 e. The van der Waals surface area contributed by atoms with Gasteiger partial charge in [-0.25, -0.2) is 13.8 Å². The van der Waals surface area contributed by atoms with E-state index in [0.717, 1.165) is 25.3 Å². The molecule has 1 aliphatic carbocycles. The quantitative estimate of drug-likeness (QED) is 0.719. The Bertz CT molecular complexity index is 913. The highest BCUT2D eigenvalue weighted by Gasteiger charge is 2.53. The minimum absolute atomic E-state index is 0.0858. The summed E-state index contributed by atoms with van der Waals surface area (Å²) in [6, 6.07) is 4.50. The second-order valence-electron chi connectivity index (χ2n) is 8.29. The van der Waals surface area contributed by atoms with Crippen LogP contribution < -0.4 is 9.47 Å². The molecule has 168 valence electrons. The summed E-state index contributed by atoms with van der Waals surface area (Å²) in [7, 11) is 0. The third-order valence-corrected chi connectivity index (χ3v) is 6.45. The van der Waals surface area contributed by atoms with Crippen LogP contribution in [0.15, 0.2) is 24.4 Å². The van der Waals surface area contributed by atoms with Gasteiger partial charge in [0.2, 0.25) is 5.88 Å². The lowest BCUT2D eigenvalue weighted by molar-refractivity contribution is -0.150. The van der Waals surface area contributed by atoms with Crippen LogP contribution in [0.25, 0.3) is 0 Å². The van der Waals surface area contributed by atoms with E-state index in [9.17, 15) is 13.9 Å². The first-order chi connectivity index (χ1) is 15.0. The van der Waals surface area contributed by atoms with Gasteiger partial charge in [0.15, 0.2) is 11.6 Å². The zero-order chi connectivity index (χ0) is 22.0. The second kappa shape index (κ2) is 9.04. The van der Waals surface area contributed by atoms with Gasteiger partial charge in [0.05, 0.1) is 18.8 Å². The standard InChI is InChI=1S/C23H29F2N3O3/c1-3-30-21-18(11-26-22(27-21)31-4-2)23(29)16-8-6-9-17(23)14-28(13-16)12-15-7-5-10-19(24)20(15)25/h5,7,10-11,16-17,29H,3-4,6,8-9,12-14H2,1-2H3. The van der Waals surface area contributed by atoms with Gasteiger partial charge in [0.25, 0.3) is 0 Å². The third-order valence-electron chi connectivity index (χ3n) is 6.45. The Morgan fingerprint density at radius 2 is 1.84 bits per heavy atom. The van der Waals surface area contributed by atoms with Crippen molar-refractivity contribution in [3.8, 4) is 11.9 Å². The summed E-state index contributed by atoms with van der Waals surface area (Å²) < 4.78 is 39.0. The lowest BCUT2D eigenvalue weighted by Crippen LogP contribution is -2.58. The molecule has 1 aromatic carbocycles. The molecular weight excluding hydrogens is 404 g/mol. The van der Waals surface area contributed by atoms with Crippen LogP contribution in [0, 0.1) is 23.5 Å². The van der Waals surface area contributed by atoms with Crippen molar-refractivity contribution in [3.05, 3.63) is 47.2 Å². The summed E-state index contributed by atoms with van der Waals surface area (Å²) in [6.45, 7) is 6.02. The van der Waals surface area contributed by atoms with Gasteiger partial charge >= 0.3 is 6.01 Å². The summed E-state index contributed by atoms with van der Waals surface area (Å²) in [5.74, 6) is -1.45. The van der Waals surface area contributed by atoms with E-state index in [4.69, 9.17) is 9.47 Å². The Balaban J connectivity index is 1.62. The van der Waals surface area contributed by atoms with E-state index in [2.05, 4.69) is 14.9 Å². The summed E-state index contributed by atoms with van der Waals surface area (Å²) in [5, 5.41) is 12.0. The Morgan fingerprint density at radius 1 is 1.13 bits per heavy atom. The maximum Gasteiger partial charge on any atom is 0.319 e. The zero-order valence-electron chi connectivity index (χ0n) is 18.0. The van der Waals surface area contributed by atoms with E-state index in [1.807, 2.05) is 13.8 Å². The van der Waals surface area contributed by atoms with Crippen LogP contribution in [-0.2, 0) is 12.1 Å². The maximum atomic E-state index is 14.2. The maximum absolute atomic E-state index is 14.2. The first-order valence-corrected chi connectivity index (χ1v) is 11.0. The molecule has 2 bridgehead atoms. The SMILES string of the molecule is CCOc1ncc(C2(O)C3CCCC2CN(Cc2cccc(F)c2F)C3)c(OCC)n1. The molecule has 31 heavy (non-hydrogen) atoms. The summed E-state index contributed by atoms with van der Waals surface area (Å²) in [4.78, 5) is 10.8. The van der Waals surface area contributed by atoms with Crippen molar-refractivity contribution in [2.75, 3.05) is 26.3 Å². The topological polar surface area (TPSA) is 67.7 Å². The van der Waals surface area contributed by atoms with E-state index in [1.54, 1.807) is 12.3 Å². The molecule has 0 radical (unpaired) electrons. The summed E-state index contributed by atoms with van der Waals surface area (Å²) in [6.07, 6.45) is 4.29. The number of nitrogens with zero attached hydrogens (tertiary/aromatic N) is 3. The Labute approximate surface area is 181 Å². The van der Waals surface area contributed by atoms with Gasteiger partial charge in [0.1, 0.15) is 5.60 Å². The minimum Gasteiger partial charge on any atom is -0.478 e. The van der Waals surface area contributed by atoms with Crippen molar-refractivity contribution in [1.82, 2.24) is 14.9 Å². The van der Waals surface area contributed by atoms with Gasteiger partial charge in [-0.05, 0) is 32.8 Å². The van der Waals surface area contributed by atoms with Gasteiger partial charge < -0.3 is 14.6 Å². The molecule has 0 spiro atoms. The number of halogens is 2. The average molecular weight is 433 g/mol. The Hall–Kier alpha value is -2.32. The highest BCUT2D eigenvalue weighted by atomic mass is 19.2. The van der Waals surface area contributed by atoms with Crippen LogP contribution in [0.4, 0.5) is 8.78 Å². The van der Waals surface area contributed by atoms with Gasteiger partial charge in [0, 0.05) is 43.2 Å². The van der Waals surface area contributed by atoms with Gasteiger partial charge in [-0.3, -0.25) is 4.90 Å². The first kappa shape index (κ1) is 21.9. The number of ether oxygens (including phenoxy) is 2. The number of hydrogen-bond acceptors (Lipinski definition) is 6. The number of rotatable bonds is 7. The molecule has 8 heteroatoms. The molecule has 2 aromatic rings. The monoisotopic (exact) mass is 433 g/mol. The highest BCUT2D eigenvalue weighted by Crippen LogP contribution is 2.51. The van der Waals surface area contributed by atoms with Crippen LogP contribution in [0.2, 0.25) is 0 Å². The van der Waals surface area contributed by atoms with E-state index in [1.165, 1.54) is 6.07 Å². The molecule has 2 atom stereocenters. The zero-order valence-corrected chi connectivity index (χ0v) is 18.0. The first-order valence-electron chi connectivity index (χ1n) is 11.0. The number of aliphatic hydroxyl groups is 1. The molecule has 1 aliphatic heterocycles. The number of benzene rings is 1. The fraction of sp³-hybridized carbons (Fsp3) is 0.565. The van der Waals surface area contributed by atoms with Crippen LogP contribution >= 0.6 is 0 Å². The van der Waals surface area contributed by atoms with E-state index in [-0.39, 0.29) is 17.8 Å². The van der Waals surface area contributed by atoms with Gasteiger partial charge in [-0.1, -0.05) is 18.6 Å². The van der Waals surface area contributed by atoms with E-state index in [0.29, 0.717) is 49.9 Å². The summed E-state index contributed by atoms with van der Waals surface area (Å²) in [5.41, 5.74) is -0.211. The molecule has 2 fully saturated rings. The van der Waals surface area contributed by atoms with Crippen molar-refractivity contribution >= 4 is 0 Å². The molecule has 0 amide bonds. The predicted octanol–water partition coefficient (Wildman–Crippen LogP) is 3.67. The Morgan fingerprint density at radius 3 is 2.52 bits per heavy atom. The Kier molecular flexibility index (Phi) is 6.39. The van der Waals surface area contributed by atoms with Gasteiger partial charge in [-0.15, -0.1) is 0 Å². The molecule has 4 rings (SSSR count). The van der Waals surface area contributed by atoms with Crippen LogP contribution in [0.1, 0.15) is 44.2 Å². The molecule has 6 nitrogen and oxygen atoms in total. The van der Waals surface area contributed by atoms with Crippen LogP contribution in [0.5, 0.6) is 11.9 Å².